The third-order valence-electron chi connectivity index (χ3n) is 3.03. The van der Waals surface area contributed by atoms with Crippen molar-refractivity contribution in [3.63, 3.8) is 0 Å². The second kappa shape index (κ2) is 6.85. The molecule has 100 valence electrons. The number of amides is 1. The van der Waals surface area contributed by atoms with E-state index in [1.807, 2.05) is 5.38 Å². The van der Waals surface area contributed by atoms with Crippen molar-refractivity contribution < 1.29 is 9.53 Å². The van der Waals surface area contributed by atoms with Crippen LogP contribution in [0.2, 0.25) is 0 Å². The van der Waals surface area contributed by atoms with Crippen molar-refractivity contribution in [2.75, 3.05) is 13.2 Å². The van der Waals surface area contributed by atoms with Crippen molar-refractivity contribution in [2.45, 2.75) is 39.2 Å². The molecule has 0 spiro atoms. The fraction of sp³-hybridized carbons (Fsp3) is 0.692. The Hall–Kier alpha value is -0.940. The lowest BCUT2D eigenvalue weighted by Crippen LogP contribution is -2.25. The predicted molar refractivity (Wildman–Crippen MR) is 71.5 cm³/mol. The number of nitrogens with zero attached hydrogens (tertiary/aromatic N) is 1. The Labute approximate surface area is 112 Å². The van der Waals surface area contributed by atoms with Gasteiger partial charge in [0.2, 0.25) is 5.91 Å². The number of hydrogen-bond donors (Lipinski definition) is 1. The third-order valence-corrected chi connectivity index (χ3v) is 3.99. The van der Waals surface area contributed by atoms with Crippen LogP contribution in [-0.4, -0.2) is 24.1 Å². The molecule has 0 bridgehead atoms. The number of nitrogens with one attached hydrogen (secondary N) is 1. The first-order chi connectivity index (χ1) is 8.78. The van der Waals surface area contributed by atoms with Crippen LogP contribution in [-0.2, 0) is 22.5 Å². The van der Waals surface area contributed by atoms with Crippen LogP contribution < -0.4 is 5.32 Å². The van der Waals surface area contributed by atoms with E-state index < -0.39 is 0 Å². The maximum atomic E-state index is 11.7. The molecule has 1 aromatic heterocycles. The van der Waals surface area contributed by atoms with Gasteiger partial charge in [-0.15, -0.1) is 11.3 Å². The molecule has 1 amide bonds. The van der Waals surface area contributed by atoms with Crippen molar-refractivity contribution >= 4 is 17.2 Å². The Morgan fingerprint density at radius 3 is 3.28 bits per heavy atom. The summed E-state index contributed by atoms with van der Waals surface area (Å²) in [6.45, 7) is 4.22. The Morgan fingerprint density at radius 2 is 2.56 bits per heavy atom. The molecular formula is C13H20N2O2S. The van der Waals surface area contributed by atoms with Crippen LogP contribution in [0.1, 0.15) is 36.9 Å². The van der Waals surface area contributed by atoms with Gasteiger partial charge in [-0.3, -0.25) is 4.79 Å². The molecule has 5 heteroatoms. The summed E-state index contributed by atoms with van der Waals surface area (Å²) >= 11 is 1.68. The molecule has 4 nitrogen and oxygen atoms in total. The zero-order valence-corrected chi connectivity index (χ0v) is 11.6. The molecule has 0 aromatic carbocycles. The summed E-state index contributed by atoms with van der Waals surface area (Å²) in [6, 6.07) is 0. The lowest BCUT2D eigenvalue weighted by atomic mass is 10.1. The summed E-state index contributed by atoms with van der Waals surface area (Å²) in [5.41, 5.74) is 0.972. The highest BCUT2D eigenvalue weighted by molar-refractivity contribution is 7.09. The average Bonchev–Trinajstić information content (AvgIpc) is 2.99. The smallest absolute Gasteiger partial charge is 0.220 e. The van der Waals surface area contributed by atoms with Crippen LogP contribution in [0, 0.1) is 5.92 Å². The van der Waals surface area contributed by atoms with Crippen LogP contribution >= 0.6 is 11.3 Å². The van der Waals surface area contributed by atoms with Gasteiger partial charge >= 0.3 is 0 Å². The van der Waals surface area contributed by atoms with Crippen molar-refractivity contribution in [3.05, 3.63) is 16.1 Å². The Balaban J connectivity index is 1.70. The average molecular weight is 268 g/mol. The zero-order valence-electron chi connectivity index (χ0n) is 10.8. The van der Waals surface area contributed by atoms with Crippen LogP contribution in [0.25, 0.3) is 0 Å². The number of thiazole rings is 1. The van der Waals surface area contributed by atoms with Crippen molar-refractivity contribution in [1.82, 2.24) is 10.3 Å². The van der Waals surface area contributed by atoms with E-state index in [9.17, 15) is 4.79 Å². The summed E-state index contributed by atoms with van der Waals surface area (Å²) in [5, 5.41) is 6.12. The van der Waals surface area contributed by atoms with Gasteiger partial charge < -0.3 is 10.1 Å². The molecule has 1 N–H and O–H groups in total. The number of ether oxygens (including phenoxy) is 1. The number of aryl methyl sites for hydroxylation is 1. The van der Waals surface area contributed by atoms with Crippen molar-refractivity contribution in [3.8, 4) is 0 Å². The quantitative estimate of drug-likeness (QED) is 0.860. The molecule has 18 heavy (non-hydrogen) atoms. The number of rotatable bonds is 6. The topological polar surface area (TPSA) is 51.2 Å². The fourth-order valence-electron chi connectivity index (χ4n) is 2.03. The highest BCUT2D eigenvalue weighted by atomic mass is 32.1. The van der Waals surface area contributed by atoms with Crippen LogP contribution in [0.15, 0.2) is 5.38 Å². The molecule has 1 saturated heterocycles. The molecule has 1 atom stereocenters. The summed E-state index contributed by atoms with van der Waals surface area (Å²) < 4.78 is 5.26. The van der Waals surface area contributed by atoms with E-state index in [1.165, 1.54) is 0 Å². The van der Waals surface area contributed by atoms with E-state index in [0.717, 1.165) is 43.2 Å². The first-order valence-electron chi connectivity index (χ1n) is 6.55. The van der Waals surface area contributed by atoms with E-state index in [4.69, 9.17) is 4.74 Å². The molecule has 0 unspecified atom stereocenters. The lowest BCUT2D eigenvalue weighted by molar-refractivity contribution is -0.122. The van der Waals surface area contributed by atoms with E-state index in [1.54, 1.807) is 11.3 Å². The number of hydrogen-bond acceptors (Lipinski definition) is 4. The largest absolute Gasteiger partial charge is 0.381 e. The summed E-state index contributed by atoms with van der Waals surface area (Å²) in [7, 11) is 0. The van der Waals surface area contributed by atoms with Gasteiger partial charge in [-0.1, -0.05) is 6.92 Å². The summed E-state index contributed by atoms with van der Waals surface area (Å²) in [4.78, 5) is 16.2. The minimum atomic E-state index is 0.107. The van der Waals surface area contributed by atoms with Crippen molar-refractivity contribution in [2.24, 2.45) is 5.92 Å². The highest BCUT2D eigenvalue weighted by Gasteiger charge is 2.18. The van der Waals surface area contributed by atoms with Crippen LogP contribution in [0.5, 0.6) is 0 Å². The molecule has 2 rings (SSSR count). The van der Waals surface area contributed by atoms with E-state index >= 15 is 0 Å². The normalized spacial score (nSPS) is 19.1. The maximum absolute atomic E-state index is 11.7. The van der Waals surface area contributed by atoms with Gasteiger partial charge in [0.1, 0.15) is 0 Å². The van der Waals surface area contributed by atoms with Gasteiger partial charge in [0.15, 0.2) is 0 Å². The maximum Gasteiger partial charge on any atom is 0.220 e. The predicted octanol–water partition coefficient (Wildman–Crippen LogP) is 2.14. The standard InChI is InChI=1S/C13H20N2O2S/c1-2-3-13-15-11(9-18-13)7-14-12(16)6-10-4-5-17-8-10/h9-10H,2-8H2,1H3,(H,14,16)/t10-/m1/s1. The Kier molecular flexibility index (Phi) is 5.13. The molecule has 0 radical (unpaired) electrons. The monoisotopic (exact) mass is 268 g/mol. The number of carbonyl (C=O) groups is 1. The van der Waals surface area contributed by atoms with Gasteiger partial charge in [0, 0.05) is 25.0 Å². The Bertz CT molecular complexity index is 386. The molecule has 2 heterocycles. The zero-order chi connectivity index (χ0) is 12.8. The molecule has 0 aliphatic carbocycles. The minimum absolute atomic E-state index is 0.107. The third kappa shape index (κ3) is 4.07. The second-order valence-corrected chi connectivity index (χ2v) is 5.64. The molecule has 0 saturated carbocycles. The first kappa shape index (κ1) is 13.5. The van der Waals surface area contributed by atoms with Gasteiger partial charge in [0.05, 0.1) is 17.2 Å². The van der Waals surface area contributed by atoms with E-state index in [0.29, 0.717) is 18.9 Å². The SMILES string of the molecule is CCCc1nc(CNC(=O)C[C@H]2CCOC2)cs1. The molecule has 1 aromatic rings. The minimum Gasteiger partial charge on any atom is -0.381 e. The van der Waals surface area contributed by atoms with Crippen molar-refractivity contribution in [1.29, 1.82) is 0 Å². The fourth-order valence-corrected chi connectivity index (χ4v) is 2.93. The second-order valence-electron chi connectivity index (χ2n) is 4.69. The lowest BCUT2D eigenvalue weighted by Gasteiger charge is -2.07. The van der Waals surface area contributed by atoms with E-state index in [-0.39, 0.29) is 5.91 Å². The molecular weight excluding hydrogens is 248 g/mol. The summed E-state index contributed by atoms with van der Waals surface area (Å²) in [6.07, 6.45) is 3.72. The summed E-state index contributed by atoms with van der Waals surface area (Å²) in [5.74, 6) is 0.506. The number of carbonyl (C=O) groups excluding carboxylic acids is 1. The molecule has 1 aliphatic rings. The highest BCUT2D eigenvalue weighted by Crippen LogP contribution is 2.16. The molecule has 1 fully saturated rings. The van der Waals surface area contributed by atoms with Gasteiger partial charge in [0.25, 0.3) is 0 Å². The van der Waals surface area contributed by atoms with Crippen LogP contribution in [0.3, 0.4) is 0 Å². The Morgan fingerprint density at radius 1 is 1.67 bits per heavy atom. The van der Waals surface area contributed by atoms with Crippen LogP contribution in [0.4, 0.5) is 0 Å². The van der Waals surface area contributed by atoms with Gasteiger partial charge in [-0.25, -0.2) is 4.98 Å². The number of aromatic nitrogens is 1. The van der Waals surface area contributed by atoms with Gasteiger partial charge in [-0.05, 0) is 25.2 Å². The van der Waals surface area contributed by atoms with Gasteiger partial charge in [-0.2, -0.15) is 0 Å². The molecule has 1 aliphatic heterocycles. The first-order valence-corrected chi connectivity index (χ1v) is 7.43. The van der Waals surface area contributed by atoms with E-state index in [2.05, 4.69) is 17.2 Å².